The molecule has 1 saturated heterocycles. The standard InChI is InChI=1S/C20H27N3OS2/c1-2-16-5-7-17(8-6-16)19(18-4-3-15-26-18)22-20(25)21-9-10-23-11-13-24-14-12-23/h3-8,15,19H,2,9-14H2,1H3,(H2,21,22,25)/t19-/m0/s1. The molecule has 4 nitrogen and oxygen atoms in total. The van der Waals surface area contributed by atoms with Gasteiger partial charge >= 0.3 is 0 Å². The van der Waals surface area contributed by atoms with Crippen LogP contribution in [-0.2, 0) is 11.2 Å². The predicted molar refractivity (Wildman–Crippen MR) is 113 cm³/mol. The SMILES string of the molecule is CCc1ccc([C@H](NC(=S)NCCN2CCOCC2)c2cccs2)cc1. The summed E-state index contributed by atoms with van der Waals surface area (Å²) < 4.78 is 5.39. The Morgan fingerprint density at radius 2 is 2.00 bits per heavy atom. The first-order valence-electron chi connectivity index (χ1n) is 9.23. The second-order valence-electron chi connectivity index (χ2n) is 6.40. The normalized spacial score (nSPS) is 16.2. The van der Waals surface area contributed by atoms with E-state index in [-0.39, 0.29) is 6.04 Å². The number of aryl methyl sites for hydroxylation is 1. The molecule has 1 aliphatic heterocycles. The number of hydrogen-bond donors (Lipinski definition) is 2. The Balaban J connectivity index is 1.57. The fourth-order valence-corrected chi connectivity index (χ4v) is 4.08. The summed E-state index contributed by atoms with van der Waals surface area (Å²) in [6, 6.07) is 13.1. The Kier molecular flexibility index (Phi) is 7.43. The third-order valence-electron chi connectivity index (χ3n) is 4.64. The van der Waals surface area contributed by atoms with Crippen LogP contribution in [0.4, 0.5) is 0 Å². The number of rotatable bonds is 7. The summed E-state index contributed by atoms with van der Waals surface area (Å²) in [4.78, 5) is 3.67. The van der Waals surface area contributed by atoms with E-state index in [1.54, 1.807) is 11.3 Å². The van der Waals surface area contributed by atoms with E-state index in [2.05, 4.69) is 64.2 Å². The van der Waals surface area contributed by atoms with Gasteiger partial charge in [-0.3, -0.25) is 4.90 Å². The Morgan fingerprint density at radius 3 is 2.65 bits per heavy atom. The van der Waals surface area contributed by atoms with Crippen LogP contribution in [0.25, 0.3) is 0 Å². The zero-order valence-electron chi connectivity index (χ0n) is 15.2. The van der Waals surface area contributed by atoms with Gasteiger partial charge in [-0.25, -0.2) is 0 Å². The lowest BCUT2D eigenvalue weighted by Crippen LogP contribution is -2.44. The second kappa shape index (κ2) is 10.0. The van der Waals surface area contributed by atoms with Crippen molar-refractivity contribution < 1.29 is 4.74 Å². The van der Waals surface area contributed by atoms with Crippen LogP contribution in [0.1, 0.15) is 29.0 Å². The molecule has 1 fully saturated rings. The van der Waals surface area contributed by atoms with Crippen molar-refractivity contribution in [2.75, 3.05) is 39.4 Å². The van der Waals surface area contributed by atoms with Crippen molar-refractivity contribution in [3.8, 4) is 0 Å². The molecule has 0 spiro atoms. The van der Waals surface area contributed by atoms with E-state index >= 15 is 0 Å². The molecule has 140 valence electrons. The zero-order valence-corrected chi connectivity index (χ0v) is 16.9. The summed E-state index contributed by atoms with van der Waals surface area (Å²) in [5.41, 5.74) is 2.59. The summed E-state index contributed by atoms with van der Waals surface area (Å²) in [6.07, 6.45) is 1.05. The van der Waals surface area contributed by atoms with E-state index in [1.165, 1.54) is 16.0 Å². The third kappa shape index (κ3) is 5.51. The molecule has 1 atom stereocenters. The molecule has 6 heteroatoms. The third-order valence-corrected chi connectivity index (χ3v) is 5.84. The molecule has 1 aromatic heterocycles. The van der Waals surface area contributed by atoms with Crippen LogP contribution in [-0.4, -0.2) is 49.4 Å². The van der Waals surface area contributed by atoms with E-state index < -0.39 is 0 Å². The molecule has 2 heterocycles. The van der Waals surface area contributed by atoms with Gasteiger partial charge in [0, 0.05) is 31.1 Å². The monoisotopic (exact) mass is 389 g/mol. The van der Waals surface area contributed by atoms with Crippen molar-refractivity contribution in [2.45, 2.75) is 19.4 Å². The highest BCUT2D eigenvalue weighted by atomic mass is 32.1. The number of benzene rings is 1. The van der Waals surface area contributed by atoms with E-state index in [0.29, 0.717) is 5.11 Å². The van der Waals surface area contributed by atoms with Crippen LogP contribution in [0.3, 0.4) is 0 Å². The maximum absolute atomic E-state index is 5.56. The summed E-state index contributed by atoms with van der Waals surface area (Å²) in [5.74, 6) is 0. The molecule has 0 unspecified atom stereocenters. The van der Waals surface area contributed by atoms with Crippen molar-refractivity contribution in [3.05, 3.63) is 57.8 Å². The van der Waals surface area contributed by atoms with Crippen LogP contribution >= 0.6 is 23.6 Å². The largest absolute Gasteiger partial charge is 0.379 e. The maximum Gasteiger partial charge on any atom is 0.167 e. The number of hydrogen-bond acceptors (Lipinski definition) is 4. The summed E-state index contributed by atoms with van der Waals surface area (Å²) >= 11 is 7.31. The van der Waals surface area contributed by atoms with Crippen LogP contribution in [0, 0.1) is 0 Å². The van der Waals surface area contributed by atoms with Gasteiger partial charge in [0.05, 0.1) is 19.3 Å². The highest BCUT2D eigenvalue weighted by Gasteiger charge is 2.16. The number of nitrogens with zero attached hydrogens (tertiary/aromatic N) is 1. The summed E-state index contributed by atoms with van der Waals surface area (Å²) in [6.45, 7) is 7.68. The van der Waals surface area contributed by atoms with Crippen LogP contribution in [0.15, 0.2) is 41.8 Å². The fourth-order valence-electron chi connectivity index (χ4n) is 3.05. The molecule has 1 aromatic carbocycles. The van der Waals surface area contributed by atoms with Gasteiger partial charge in [0.2, 0.25) is 0 Å². The minimum atomic E-state index is 0.0873. The molecular formula is C20H27N3OS2. The zero-order chi connectivity index (χ0) is 18.2. The average molecular weight is 390 g/mol. The van der Waals surface area contributed by atoms with E-state index in [9.17, 15) is 0 Å². The molecule has 2 N–H and O–H groups in total. The molecule has 0 saturated carbocycles. The van der Waals surface area contributed by atoms with Gasteiger partial charge in [0.1, 0.15) is 0 Å². The van der Waals surface area contributed by atoms with E-state index in [1.807, 2.05) is 0 Å². The van der Waals surface area contributed by atoms with Crippen molar-refractivity contribution in [1.82, 2.24) is 15.5 Å². The lowest BCUT2D eigenvalue weighted by atomic mass is 10.0. The number of ether oxygens (including phenoxy) is 1. The molecule has 3 rings (SSSR count). The van der Waals surface area contributed by atoms with E-state index in [0.717, 1.165) is 45.8 Å². The van der Waals surface area contributed by atoms with Crippen molar-refractivity contribution in [3.63, 3.8) is 0 Å². The average Bonchev–Trinajstić information content (AvgIpc) is 3.22. The summed E-state index contributed by atoms with van der Waals surface area (Å²) in [7, 11) is 0. The highest BCUT2D eigenvalue weighted by Crippen LogP contribution is 2.26. The molecule has 1 aliphatic rings. The van der Waals surface area contributed by atoms with Crippen molar-refractivity contribution in [1.29, 1.82) is 0 Å². The number of thiocarbonyl (C=S) groups is 1. The number of nitrogens with one attached hydrogen (secondary N) is 2. The van der Waals surface area contributed by atoms with Gasteiger partial charge in [0.15, 0.2) is 5.11 Å². The quantitative estimate of drug-likeness (QED) is 0.711. The van der Waals surface area contributed by atoms with Gasteiger partial charge < -0.3 is 15.4 Å². The van der Waals surface area contributed by atoms with Crippen LogP contribution in [0.5, 0.6) is 0 Å². The predicted octanol–water partition coefficient (Wildman–Crippen LogP) is 3.20. The lowest BCUT2D eigenvalue weighted by Gasteiger charge is -2.27. The smallest absolute Gasteiger partial charge is 0.167 e. The first-order valence-corrected chi connectivity index (χ1v) is 10.5. The Hall–Kier alpha value is -1.47. The Labute approximate surface area is 165 Å². The fraction of sp³-hybridized carbons (Fsp3) is 0.450. The van der Waals surface area contributed by atoms with Crippen LogP contribution < -0.4 is 10.6 Å². The van der Waals surface area contributed by atoms with Crippen LogP contribution in [0.2, 0.25) is 0 Å². The van der Waals surface area contributed by atoms with Gasteiger partial charge in [-0.2, -0.15) is 0 Å². The first-order chi connectivity index (χ1) is 12.8. The van der Waals surface area contributed by atoms with Crippen molar-refractivity contribution >= 4 is 28.7 Å². The molecule has 2 aromatic rings. The summed E-state index contributed by atoms with van der Waals surface area (Å²) in [5, 5.41) is 9.67. The molecule has 0 amide bonds. The highest BCUT2D eigenvalue weighted by molar-refractivity contribution is 7.80. The van der Waals surface area contributed by atoms with Gasteiger partial charge in [-0.05, 0) is 41.2 Å². The minimum Gasteiger partial charge on any atom is -0.379 e. The maximum atomic E-state index is 5.56. The van der Waals surface area contributed by atoms with E-state index in [4.69, 9.17) is 17.0 Å². The molecule has 0 aliphatic carbocycles. The molecule has 0 bridgehead atoms. The van der Waals surface area contributed by atoms with Gasteiger partial charge in [-0.1, -0.05) is 37.3 Å². The Morgan fingerprint density at radius 1 is 1.23 bits per heavy atom. The molecular weight excluding hydrogens is 362 g/mol. The number of thiophene rings is 1. The van der Waals surface area contributed by atoms with Crippen molar-refractivity contribution in [2.24, 2.45) is 0 Å². The first kappa shape index (κ1) is 19.3. The Bertz CT molecular complexity index is 667. The molecule has 26 heavy (non-hydrogen) atoms. The lowest BCUT2D eigenvalue weighted by molar-refractivity contribution is 0.0389. The van der Waals surface area contributed by atoms with Gasteiger partial charge in [0.25, 0.3) is 0 Å². The minimum absolute atomic E-state index is 0.0873. The second-order valence-corrected chi connectivity index (χ2v) is 7.79. The van der Waals surface area contributed by atoms with Gasteiger partial charge in [-0.15, -0.1) is 11.3 Å². The number of morpholine rings is 1. The topological polar surface area (TPSA) is 36.5 Å². The molecule has 0 radical (unpaired) electrons.